The summed E-state index contributed by atoms with van der Waals surface area (Å²) in [6.07, 6.45) is 9.10. The highest BCUT2D eigenvalue weighted by Crippen LogP contribution is 2.24. The highest BCUT2D eigenvalue weighted by molar-refractivity contribution is 4.90. The zero-order chi connectivity index (χ0) is 13.2. The monoisotopic (exact) mass is 251 g/mol. The smallest absolute Gasteiger partial charge is 0.0965 e. The summed E-state index contributed by atoms with van der Waals surface area (Å²) in [5, 5.41) is 12.3. The maximum Gasteiger partial charge on any atom is 0.0965 e. The number of nitriles is 1. The van der Waals surface area contributed by atoms with Crippen molar-refractivity contribution < 1.29 is 0 Å². The van der Waals surface area contributed by atoms with E-state index < -0.39 is 0 Å². The molecule has 18 heavy (non-hydrogen) atoms. The Morgan fingerprint density at radius 1 is 1.33 bits per heavy atom. The molecular formula is C15H29N3. The van der Waals surface area contributed by atoms with E-state index in [9.17, 15) is 0 Å². The van der Waals surface area contributed by atoms with Gasteiger partial charge in [0.05, 0.1) is 12.1 Å². The van der Waals surface area contributed by atoms with E-state index in [1.54, 1.807) is 0 Å². The van der Waals surface area contributed by atoms with Gasteiger partial charge in [-0.15, -0.1) is 0 Å². The molecule has 1 aliphatic carbocycles. The van der Waals surface area contributed by atoms with E-state index in [2.05, 4.69) is 30.3 Å². The first kappa shape index (κ1) is 15.5. The second kappa shape index (κ2) is 9.35. The molecule has 1 N–H and O–H groups in total. The van der Waals surface area contributed by atoms with Crippen molar-refractivity contribution in [2.75, 3.05) is 26.7 Å². The van der Waals surface area contributed by atoms with Gasteiger partial charge < -0.3 is 10.2 Å². The molecule has 0 heterocycles. The molecule has 1 saturated carbocycles. The lowest BCUT2D eigenvalue weighted by molar-refractivity contribution is 0.228. The van der Waals surface area contributed by atoms with Crippen LogP contribution in [0.4, 0.5) is 0 Å². The number of nitrogens with one attached hydrogen (secondary N) is 1. The predicted molar refractivity (Wildman–Crippen MR) is 76.4 cm³/mol. The van der Waals surface area contributed by atoms with Crippen LogP contribution in [0.15, 0.2) is 0 Å². The Morgan fingerprint density at radius 3 is 2.67 bits per heavy atom. The molecule has 0 saturated heterocycles. The highest BCUT2D eigenvalue weighted by atomic mass is 15.1. The van der Waals surface area contributed by atoms with E-state index in [0.717, 1.165) is 31.8 Å². The molecule has 0 amide bonds. The minimum Gasteiger partial charge on any atom is -0.306 e. The van der Waals surface area contributed by atoms with Crippen LogP contribution in [0.2, 0.25) is 0 Å². The predicted octanol–water partition coefficient (Wildman–Crippen LogP) is 2.78. The van der Waals surface area contributed by atoms with Gasteiger partial charge >= 0.3 is 0 Å². The Morgan fingerprint density at radius 2 is 2.06 bits per heavy atom. The summed E-state index contributed by atoms with van der Waals surface area (Å²) >= 11 is 0. The molecule has 3 heteroatoms. The van der Waals surface area contributed by atoms with E-state index in [-0.39, 0.29) is 6.04 Å². The van der Waals surface area contributed by atoms with Gasteiger partial charge in [0, 0.05) is 13.1 Å². The standard InChI is InChI=1S/C15H29N3/c1-3-10-17-15(12-16)9-11-18(2)13-14-7-5-4-6-8-14/h14-15,17H,3-11,13H2,1-2H3. The number of rotatable bonds is 8. The lowest BCUT2D eigenvalue weighted by Gasteiger charge is -2.27. The first-order valence-electron chi connectivity index (χ1n) is 7.57. The van der Waals surface area contributed by atoms with Crippen molar-refractivity contribution in [1.82, 2.24) is 10.2 Å². The lowest BCUT2D eigenvalue weighted by Crippen LogP contribution is -2.34. The molecule has 1 fully saturated rings. The zero-order valence-corrected chi connectivity index (χ0v) is 12.1. The van der Waals surface area contributed by atoms with Gasteiger partial charge in [-0.2, -0.15) is 5.26 Å². The lowest BCUT2D eigenvalue weighted by atomic mass is 9.89. The third-order valence-corrected chi connectivity index (χ3v) is 3.89. The maximum atomic E-state index is 9.06. The summed E-state index contributed by atoms with van der Waals surface area (Å²) < 4.78 is 0. The van der Waals surface area contributed by atoms with Crippen LogP contribution >= 0.6 is 0 Å². The third-order valence-electron chi connectivity index (χ3n) is 3.89. The van der Waals surface area contributed by atoms with Gasteiger partial charge in [0.25, 0.3) is 0 Å². The summed E-state index contributed by atoms with van der Waals surface area (Å²) in [6.45, 7) is 5.33. The van der Waals surface area contributed by atoms with Crippen LogP contribution in [-0.4, -0.2) is 37.6 Å². The fourth-order valence-electron chi connectivity index (χ4n) is 2.78. The third kappa shape index (κ3) is 6.37. The molecule has 3 nitrogen and oxygen atoms in total. The number of nitrogens with zero attached hydrogens (tertiary/aromatic N) is 2. The molecule has 1 rings (SSSR count). The average molecular weight is 251 g/mol. The summed E-state index contributed by atoms with van der Waals surface area (Å²) in [5.74, 6) is 0.896. The van der Waals surface area contributed by atoms with Crippen molar-refractivity contribution >= 4 is 0 Å². The second-order valence-electron chi connectivity index (χ2n) is 5.69. The van der Waals surface area contributed by atoms with Crippen LogP contribution in [0.3, 0.4) is 0 Å². The normalized spacial score (nSPS) is 18.8. The molecule has 0 aromatic carbocycles. The van der Waals surface area contributed by atoms with E-state index in [1.165, 1.54) is 38.6 Å². The molecule has 0 spiro atoms. The number of hydrogen-bond acceptors (Lipinski definition) is 3. The largest absolute Gasteiger partial charge is 0.306 e. The Kier molecular flexibility index (Phi) is 8.04. The summed E-state index contributed by atoms with van der Waals surface area (Å²) in [7, 11) is 2.20. The molecule has 1 unspecified atom stereocenters. The van der Waals surface area contributed by atoms with Gasteiger partial charge in [-0.25, -0.2) is 0 Å². The molecule has 1 atom stereocenters. The van der Waals surface area contributed by atoms with Crippen LogP contribution in [0.5, 0.6) is 0 Å². The van der Waals surface area contributed by atoms with Crippen LogP contribution in [-0.2, 0) is 0 Å². The van der Waals surface area contributed by atoms with Crippen molar-refractivity contribution in [3.05, 3.63) is 0 Å². The first-order chi connectivity index (χ1) is 8.76. The molecular weight excluding hydrogens is 222 g/mol. The van der Waals surface area contributed by atoms with Crippen molar-refractivity contribution in [3.63, 3.8) is 0 Å². The minimum absolute atomic E-state index is 0.0266. The molecule has 0 radical (unpaired) electrons. The number of hydrogen-bond donors (Lipinski definition) is 1. The summed E-state index contributed by atoms with van der Waals surface area (Å²) in [4.78, 5) is 2.41. The van der Waals surface area contributed by atoms with Gasteiger partial charge in [-0.1, -0.05) is 26.2 Å². The minimum atomic E-state index is 0.0266. The maximum absolute atomic E-state index is 9.06. The van der Waals surface area contributed by atoms with E-state index in [0.29, 0.717) is 0 Å². The van der Waals surface area contributed by atoms with Crippen LogP contribution in [0, 0.1) is 17.2 Å². The van der Waals surface area contributed by atoms with Gasteiger partial charge in [-0.3, -0.25) is 0 Å². The highest BCUT2D eigenvalue weighted by Gasteiger charge is 2.16. The molecule has 0 bridgehead atoms. The van der Waals surface area contributed by atoms with E-state index in [1.807, 2.05) is 0 Å². The van der Waals surface area contributed by atoms with E-state index >= 15 is 0 Å². The molecule has 1 aliphatic rings. The fourth-order valence-corrected chi connectivity index (χ4v) is 2.78. The Hall–Kier alpha value is -0.590. The summed E-state index contributed by atoms with van der Waals surface area (Å²) in [6, 6.07) is 2.38. The Labute approximate surface area is 113 Å². The summed E-state index contributed by atoms with van der Waals surface area (Å²) in [5.41, 5.74) is 0. The fraction of sp³-hybridized carbons (Fsp3) is 0.933. The van der Waals surface area contributed by atoms with Crippen LogP contribution < -0.4 is 5.32 Å². The zero-order valence-electron chi connectivity index (χ0n) is 12.1. The quantitative estimate of drug-likeness (QED) is 0.721. The van der Waals surface area contributed by atoms with Gasteiger partial charge in [0.2, 0.25) is 0 Å². The van der Waals surface area contributed by atoms with Crippen molar-refractivity contribution in [1.29, 1.82) is 5.26 Å². The molecule has 0 aliphatic heterocycles. The van der Waals surface area contributed by atoms with Crippen molar-refractivity contribution in [2.45, 2.75) is 57.9 Å². The van der Waals surface area contributed by atoms with Gasteiger partial charge in [0.1, 0.15) is 0 Å². The Bertz CT molecular complexity index is 241. The van der Waals surface area contributed by atoms with E-state index in [4.69, 9.17) is 5.26 Å². The SMILES string of the molecule is CCCNC(C#N)CCN(C)CC1CCCCC1. The molecule has 104 valence electrons. The molecule has 0 aromatic heterocycles. The Balaban J connectivity index is 2.14. The average Bonchev–Trinajstić information content (AvgIpc) is 2.40. The van der Waals surface area contributed by atoms with Crippen molar-refractivity contribution in [3.8, 4) is 6.07 Å². The van der Waals surface area contributed by atoms with Crippen LogP contribution in [0.25, 0.3) is 0 Å². The van der Waals surface area contributed by atoms with Gasteiger partial charge in [-0.05, 0) is 45.2 Å². The topological polar surface area (TPSA) is 39.1 Å². The second-order valence-corrected chi connectivity index (χ2v) is 5.69. The van der Waals surface area contributed by atoms with Gasteiger partial charge in [0.15, 0.2) is 0 Å². The first-order valence-corrected chi connectivity index (χ1v) is 7.57. The van der Waals surface area contributed by atoms with Crippen molar-refractivity contribution in [2.24, 2.45) is 5.92 Å². The molecule has 0 aromatic rings. The van der Waals surface area contributed by atoms with Crippen LogP contribution in [0.1, 0.15) is 51.9 Å².